The van der Waals surface area contributed by atoms with Crippen molar-refractivity contribution in [1.82, 2.24) is 10.3 Å². The lowest BCUT2D eigenvalue weighted by Crippen LogP contribution is -2.29. The fourth-order valence-corrected chi connectivity index (χ4v) is 3.05. The van der Waals surface area contributed by atoms with E-state index in [4.69, 9.17) is 16.3 Å². The van der Waals surface area contributed by atoms with E-state index >= 15 is 0 Å². The first-order valence-corrected chi connectivity index (χ1v) is 9.69. The Morgan fingerprint density at radius 2 is 1.93 bits per heavy atom. The highest BCUT2D eigenvalue weighted by atomic mass is 35.5. The van der Waals surface area contributed by atoms with E-state index in [-0.39, 0.29) is 22.2 Å². The molecule has 1 amide bonds. The van der Waals surface area contributed by atoms with E-state index in [1.54, 1.807) is 13.0 Å². The molecule has 2 rings (SSSR count). The zero-order valence-corrected chi connectivity index (χ0v) is 17.8. The van der Waals surface area contributed by atoms with Crippen LogP contribution in [-0.2, 0) is 0 Å². The topological polar surface area (TPSA) is 63.7 Å². The molecule has 0 aliphatic heterocycles. The third-order valence-electron chi connectivity index (χ3n) is 4.10. The summed E-state index contributed by atoms with van der Waals surface area (Å²) in [7, 11) is 1.45. The summed E-state index contributed by atoms with van der Waals surface area (Å²) in [6.45, 7) is 6.94. The maximum absolute atomic E-state index is 12.8. The number of carbonyl (C=O) groups excluding carboxylic acids is 1. The standard InChI is InChI=1S/C20H23ClF3N3O3/c1-5-9-27(6-2)14-10-12(3)26-19(17(14)18(28)25-4)29-15-8-7-13(21)11-16(15)30-20(22,23)24/h7-8,10-11H,5-6,9H2,1-4H3,(H,25,28). The normalized spacial score (nSPS) is 11.2. The van der Waals surface area contributed by atoms with Gasteiger partial charge >= 0.3 is 6.36 Å². The number of anilines is 1. The van der Waals surface area contributed by atoms with Gasteiger partial charge in [-0.1, -0.05) is 18.5 Å². The summed E-state index contributed by atoms with van der Waals surface area (Å²) in [5.74, 6) is -1.52. The Hall–Kier alpha value is -2.68. The maximum Gasteiger partial charge on any atom is 0.573 e. The molecule has 1 heterocycles. The van der Waals surface area contributed by atoms with Crippen LogP contribution in [0, 0.1) is 6.92 Å². The minimum atomic E-state index is -4.95. The number of ether oxygens (including phenoxy) is 2. The second kappa shape index (κ2) is 9.88. The van der Waals surface area contributed by atoms with Crippen LogP contribution in [-0.4, -0.2) is 37.4 Å². The first-order valence-electron chi connectivity index (χ1n) is 9.31. The first-order chi connectivity index (χ1) is 14.1. The molecule has 30 heavy (non-hydrogen) atoms. The van der Waals surface area contributed by atoms with E-state index in [0.717, 1.165) is 12.5 Å². The molecule has 0 fully saturated rings. The zero-order valence-electron chi connectivity index (χ0n) is 17.1. The number of hydrogen-bond acceptors (Lipinski definition) is 5. The van der Waals surface area contributed by atoms with Gasteiger partial charge in [0, 0.05) is 36.9 Å². The first kappa shape index (κ1) is 23.6. The minimum absolute atomic E-state index is 0.0334. The highest BCUT2D eigenvalue weighted by Crippen LogP contribution is 2.39. The van der Waals surface area contributed by atoms with Gasteiger partial charge in [-0.25, -0.2) is 4.98 Å². The number of rotatable bonds is 8. The zero-order chi connectivity index (χ0) is 22.5. The predicted molar refractivity (Wildman–Crippen MR) is 109 cm³/mol. The molecule has 0 radical (unpaired) electrons. The Kier molecular flexibility index (Phi) is 7.77. The van der Waals surface area contributed by atoms with Crippen molar-refractivity contribution in [1.29, 1.82) is 0 Å². The minimum Gasteiger partial charge on any atom is -0.434 e. The summed E-state index contributed by atoms with van der Waals surface area (Å²) in [6, 6.07) is 5.30. The van der Waals surface area contributed by atoms with Gasteiger partial charge in [0.1, 0.15) is 5.56 Å². The van der Waals surface area contributed by atoms with Gasteiger partial charge in [0.2, 0.25) is 5.88 Å². The molecule has 0 saturated carbocycles. The number of pyridine rings is 1. The number of nitrogens with one attached hydrogen (secondary N) is 1. The van der Waals surface area contributed by atoms with Gasteiger partial charge in [0.05, 0.1) is 5.69 Å². The van der Waals surface area contributed by atoms with Crippen LogP contribution in [0.4, 0.5) is 18.9 Å². The molecule has 0 bridgehead atoms. The Bertz CT molecular complexity index is 907. The fraction of sp³-hybridized carbons (Fsp3) is 0.400. The number of aryl methyl sites for hydroxylation is 1. The van der Waals surface area contributed by atoms with Crippen LogP contribution in [0.25, 0.3) is 0 Å². The van der Waals surface area contributed by atoms with Crippen molar-refractivity contribution in [3.8, 4) is 17.4 Å². The molecule has 6 nitrogen and oxygen atoms in total. The highest BCUT2D eigenvalue weighted by molar-refractivity contribution is 6.30. The molecule has 2 aromatic rings. The molecule has 10 heteroatoms. The van der Waals surface area contributed by atoms with Crippen molar-refractivity contribution in [2.24, 2.45) is 0 Å². The molecule has 0 aliphatic carbocycles. The fourth-order valence-electron chi connectivity index (χ4n) is 2.88. The van der Waals surface area contributed by atoms with E-state index in [2.05, 4.69) is 15.0 Å². The number of benzene rings is 1. The second-order valence-corrected chi connectivity index (χ2v) is 6.80. The Morgan fingerprint density at radius 3 is 2.50 bits per heavy atom. The van der Waals surface area contributed by atoms with Crippen LogP contribution >= 0.6 is 11.6 Å². The molecule has 0 aliphatic rings. The van der Waals surface area contributed by atoms with E-state index < -0.39 is 18.0 Å². The number of amides is 1. The number of carbonyl (C=O) groups is 1. The molecule has 1 N–H and O–H groups in total. The van der Waals surface area contributed by atoms with Crippen LogP contribution < -0.4 is 19.7 Å². The lowest BCUT2D eigenvalue weighted by Gasteiger charge is -2.26. The van der Waals surface area contributed by atoms with E-state index in [1.165, 1.54) is 19.2 Å². The Labute approximate surface area is 177 Å². The van der Waals surface area contributed by atoms with Crippen LogP contribution in [0.15, 0.2) is 24.3 Å². The lowest BCUT2D eigenvalue weighted by molar-refractivity contribution is -0.275. The van der Waals surface area contributed by atoms with Gasteiger partial charge in [-0.05, 0) is 38.5 Å². The number of nitrogens with zero attached hydrogens (tertiary/aromatic N) is 2. The predicted octanol–water partition coefficient (Wildman–Crippen LogP) is 5.33. The van der Waals surface area contributed by atoms with Gasteiger partial charge in [0.25, 0.3) is 5.91 Å². The number of halogens is 4. The summed E-state index contributed by atoms with van der Waals surface area (Å²) in [5.41, 5.74) is 1.23. The molecule has 0 unspecified atom stereocenters. The Morgan fingerprint density at radius 1 is 1.23 bits per heavy atom. The Balaban J connectivity index is 2.62. The summed E-state index contributed by atoms with van der Waals surface area (Å²) in [6.07, 6.45) is -4.11. The molecule has 1 aromatic heterocycles. The van der Waals surface area contributed by atoms with Crippen LogP contribution in [0.1, 0.15) is 36.3 Å². The summed E-state index contributed by atoms with van der Waals surface area (Å²) >= 11 is 5.81. The molecule has 0 saturated heterocycles. The average Bonchev–Trinajstić information content (AvgIpc) is 2.66. The third-order valence-corrected chi connectivity index (χ3v) is 4.34. The lowest BCUT2D eigenvalue weighted by atomic mass is 10.1. The van der Waals surface area contributed by atoms with Gasteiger partial charge in [-0.2, -0.15) is 0 Å². The van der Waals surface area contributed by atoms with E-state index in [0.29, 0.717) is 24.5 Å². The number of aromatic nitrogens is 1. The summed E-state index contributed by atoms with van der Waals surface area (Å²) < 4.78 is 48.1. The van der Waals surface area contributed by atoms with Gasteiger partial charge in [-0.3, -0.25) is 4.79 Å². The van der Waals surface area contributed by atoms with Crippen molar-refractivity contribution >= 4 is 23.2 Å². The molecule has 164 valence electrons. The van der Waals surface area contributed by atoms with E-state index in [1.807, 2.05) is 18.7 Å². The summed E-state index contributed by atoms with van der Waals surface area (Å²) in [4.78, 5) is 18.9. The van der Waals surface area contributed by atoms with Crippen molar-refractivity contribution in [3.05, 3.63) is 40.5 Å². The van der Waals surface area contributed by atoms with Gasteiger partial charge < -0.3 is 19.7 Å². The molecule has 0 atom stereocenters. The van der Waals surface area contributed by atoms with Gasteiger partial charge in [-0.15, -0.1) is 13.2 Å². The molecule has 1 aromatic carbocycles. The molecular weight excluding hydrogens is 423 g/mol. The largest absolute Gasteiger partial charge is 0.573 e. The third kappa shape index (κ3) is 5.91. The van der Waals surface area contributed by atoms with Crippen molar-refractivity contribution in [2.75, 3.05) is 25.0 Å². The van der Waals surface area contributed by atoms with Crippen molar-refractivity contribution in [3.63, 3.8) is 0 Å². The summed E-state index contributed by atoms with van der Waals surface area (Å²) in [5, 5.41) is 2.57. The molecular formula is C20H23ClF3N3O3. The number of hydrogen-bond donors (Lipinski definition) is 1. The van der Waals surface area contributed by atoms with Gasteiger partial charge in [0.15, 0.2) is 11.5 Å². The average molecular weight is 446 g/mol. The van der Waals surface area contributed by atoms with Crippen molar-refractivity contribution in [2.45, 2.75) is 33.6 Å². The second-order valence-electron chi connectivity index (χ2n) is 6.36. The van der Waals surface area contributed by atoms with Crippen molar-refractivity contribution < 1.29 is 27.4 Å². The van der Waals surface area contributed by atoms with Crippen LogP contribution in [0.5, 0.6) is 17.4 Å². The SMILES string of the molecule is CCCN(CC)c1cc(C)nc(Oc2ccc(Cl)cc2OC(F)(F)F)c1C(=O)NC. The molecule has 0 spiro atoms. The monoisotopic (exact) mass is 445 g/mol. The van der Waals surface area contributed by atoms with Crippen LogP contribution in [0.2, 0.25) is 5.02 Å². The van der Waals surface area contributed by atoms with Crippen LogP contribution in [0.3, 0.4) is 0 Å². The quantitative estimate of drug-likeness (QED) is 0.595. The maximum atomic E-state index is 12.8. The van der Waals surface area contributed by atoms with E-state index in [9.17, 15) is 18.0 Å². The highest BCUT2D eigenvalue weighted by Gasteiger charge is 2.33. The number of alkyl halides is 3. The smallest absolute Gasteiger partial charge is 0.434 e.